The average Bonchev–Trinajstić information content (AvgIpc) is 2.62. The Morgan fingerprint density at radius 3 is 2.00 bits per heavy atom. The standard InChI is InChI=1S/C24H42/c1-3-5-6-8-20-11-14-24-18-23(16-15-22(24)17-20)21-12-9-19(7-4-2)10-13-21/h6,8,19-24H,3-5,7,9-18H2,1-2H3/t19?,20-,21?,22-,23-,24-/m1/s1. The molecule has 3 saturated carbocycles. The van der Waals surface area contributed by atoms with Crippen LogP contribution in [0, 0.1) is 35.5 Å². The minimum atomic E-state index is 0.916. The van der Waals surface area contributed by atoms with Gasteiger partial charge in [-0.2, -0.15) is 0 Å². The van der Waals surface area contributed by atoms with Crippen molar-refractivity contribution in [1.29, 1.82) is 0 Å². The van der Waals surface area contributed by atoms with E-state index in [2.05, 4.69) is 26.0 Å². The number of fused-ring (bicyclic) bond motifs is 1. The molecule has 0 aromatic rings. The predicted octanol–water partition coefficient (Wildman–Crippen LogP) is 7.78. The van der Waals surface area contributed by atoms with E-state index in [1.807, 2.05) is 0 Å². The van der Waals surface area contributed by atoms with Crippen LogP contribution in [-0.2, 0) is 0 Å². The second-order valence-electron chi connectivity index (χ2n) is 9.45. The van der Waals surface area contributed by atoms with Gasteiger partial charge in [-0.15, -0.1) is 0 Å². The van der Waals surface area contributed by atoms with Gasteiger partial charge in [0.05, 0.1) is 0 Å². The van der Waals surface area contributed by atoms with E-state index in [4.69, 9.17) is 0 Å². The molecule has 3 aliphatic rings. The molecule has 0 unspecified atom stereocenters. The van der Waals surface area contributed by atoms with Gasteiger partial charge in [-0.05, 0) is 93.3 Å². The van der Waals surface area contributed by atoms with Crippen molar-refractivity contribution in [3.63, 3.8) is 0 Å². The van der Waals surface area contributed by atoms with E-state index in [9.17, 15) is 0 Å². The molecule has 3 fully saturated rings. The molecule has 3 rings (SSSR count). The summed E-state index contributed by atoms with van der Waals surface area (Å²) in [5.41, 5.74) is 0. The summed E-state index contributed by atoms with van der Waals surface area (Å²) in [6.07, 6.45) is 26.0. The van der Waals surface area contributed by atoms with Gasteiger partial charge in [-0.1, -0.05) is 58.1 Å². The Hall–Kier alpha value is -0.260. The van der Waals surface area contributed by atoms with Crippen molar-refractivity contribution in [3.8, 4) is 0 Å². The molecule has 0 amide bonds. The highest BCUT2D eigenvalue weighted by molar-refractivity contribution is 4.96. The number of hydrogen-bond donors (Lipinski definition) is 0. The van der Waals surface area contributed by atoms with Gasteiger partial charge in [-0.3, -0.25) is 0 Å². The van der Waals surface area contributed by atoms with Crippen molar-refractivity contribution in [3.05, 3.63) is 12.2 Å². The van der Waals surface area contributed by atoms with Crippen molar-refractivity contribution < 1.29 is 0 Å². The van der Waals surface area contributed by atoms with E-state index in [-0.39, 0.29) is 0 Å². The first-order chi connectivity index (χ1) is 11.8. The molecule has 0 aliphatic heterocycles. The first kappa shape index (κ1) is 18.5. The van der Waals surface area contributed by atoms with Gasteiger partial charge in [0.25, 0.3) is 0 Å². The van der Waals surface area contributed by atoms with Gasteiger partial charge in [0, 0.05) is 0 Å². The topological polar surface area (TPSA) is 0 Å². The molecule has 0 saturated heterocycles. The molecule has 3 aliphatic carbocycles. The lowest BCUT2D eigenvalue weighted by Crippen LogP contribution is -2.34. The fraction of sp³-hybridized carbons (Fsp3) is 0.917. The lowest BCUT2D eigenvalue weighted by Gasteiger charge is -2.45. The minimum Gasteiger partial charge on any atom is -0.0883 e. The van der Waals surface area contributed by atoms with E-state index < -0.39 is 0 Å². The van der Waals surface area contributed by atoms with Crippen molar-refractivity contribution >= 4 is 0 Å². The smallest absolute Gasteiger partial charge is 0.0231 e. The summed E-state index contributed by atoms with van der Waals surface area (Å²) in [6, 6.07) is 0. The summed E-state index contributed by atoms with van der Waals surface area (Å²) >= 11 is 0. The maximum atomic E-state index is 2.57. The predicted molar refractivity (Wildman–Crippen MR) is 106 cm³/mol. The van der Waals surface area contributed by atoms with Gasteiger partial charge >= 0.3 is 0 Å². The zero-order chi connectivity index (χ0) is 16.8. The first-order valence-electron chi connectivity index (χ1n) is 11.5. The third kappa shape index (κ3) is 4.89. The number of allylic oxidation sites excluding steroid dienone is 2. The quantitative estimate of drug-likeness (QED) is 0.436. The molecule has 24 heavy (non-hydrogen) atoms. The zero-order valence-electron chi connectivity index (χ0n) is 16.5. The van der Waals surface area contributed by atoms with E-state index in [0.29, 0.717) is 0 Å². The van der Waals surface area contributed by atoms with Crippen LogP contribution in [-0.4, -0.2) is 0 Å². The molecule has 0 nitrogen and oxygen atoms in total. The molecule has 0 heteroatoms. The maximum Gasteiger partial charge on any atom is -0.0231 e. The summed E-state index contributed by atoms with van der Waals surface area (Å²) in [5, 5.41) is 0. The fourth-order valence-electron chi connectivity index (χ4n) is 6.38. The third-order valence-electron chi connectivity index (χ3n) is 7.81. The highest BCUT2D eigenvalue weighted by atomic mass is 14.4. The highest BCUT2D eigenvalue weighted by Crippen LogP contribution is 2.49. The highest BCUT2D eigenvalue weighted by Gasteiger charge is 2.38. The Balaban J connectivity index is 1.43. The van der Waals surface area contributed by atoms with Crippen LogP contribution in [0.25, 0.3) is 0 Å². The molecule has 0 radical (unpaired) electrons. The first-order valence-corrected chi connectivity index (χ1v) is 11.5. The summed E-state index contributed by atoms with van der Waals surface area (Å²) in [4.78, 5) is 0. The monoisotopic (exact) mass is 330 g/mol. The SMILES string of the molecule is CCCC=C[C@@H]1CC[C@@H]2C[C@H](C3CCC(CCC)CC3)CC[C@@H]2C1. The van der Waals surface area contributed by atoms with Gasteiger partial charge in [0.1, 0.15) is 0 Å². The lowest BCUT2D eigenvalue weighted by atomic mass is 9.61. The maximum absolute atomic E-state index is 2.57. The van der Waals surface area contributed by atoms with Crippen LogP contribution in [0.15, 0.2) is 12.2 Å². The minimum absolute atomic E-state index is 0.916. The summed E-state index contributed by atoms with van der Waals surface area (Å²) < 4.78 is 0. The van der Waals surface area contributed by atoms with Crippen molar-refractivity contribution in [1.82, 2.24) is 0 Å². The van der Waals surface area contributed by atoms with Gasteiger partial charge in [-0.25, -0.2) is 0 Å². The van der Waals surface area contributed by atoms with Crippen molar-refractivity contribution in [2.24, 2.45) is 35.5 Å². The van der Waals surface area contributed by atoms with Crippen LogP contribution in [0.1, 0.15) is 104 Å². The normalized spacial score (nSPS) is 40.6. The van der Waals surface area contributed by atoms with Gasteiger partial charge < -0.3 is 0 Å². The van der Waals surface area contributed by atoms with Crippen LogP contribution >= 0.6 is 0 Å². The third-order valence-corrected chi connectivity index (χ3v) is 7.81. The summed E-state index contributed by atoms with van der Waals surface area (Å²) in [5.74, 6) is 6.35. The largest absolute Gasteiger partial charge is 0.0883 e. The molecule has 0 aromatic heterocycles. The van der Waals surface area contributed by atoms with Gasteiger partial charge in [0.15, 0.2) is 0 Å². The van der Waals surface area contributed by atoms with E-state index in [1.54, 1.807) is 44.9 Å². The zero-order valence-corrected chi connectivity index (χ0v) is 16.5. The van der Waals surface area contributed by atoms with Gasteiger partial charge in [0.2, 0.25) is 0 Å². The molecule has 0 N–H and O–H groups in total. The van der Waals surface area contributed by atoms with Crippen LogP contribution in [0.5, 0.6) is 0 Å². The van der Waals surface area contributed by atoms with Crippen molar-refractivity contribution in [2.75, 3.05) is 0 Å². The summed E-state index contributed by atoms with van der Waals surface area (Å²) in [6.45, 7) is 4.65. The second kappa shape index (κ2) is 9.44. The fourth-order valence-corrected chi connectivity index (χ4v) is 6.38. The molecular formula is C24H42. The number of hydrogen-bond acceptors (Lipinski definition) is 0. The molecule has 0 spiro atoms. The number of rotatable bonds is 6. The van der Waals surface area contributed by atoms with Crippen molar-refractivity contribution in [2.45, 2.75) is 104 Å². The molecule has 138 valence electrons. The van der Waals surface area contributed by atoms with Crippen LogP contribution in [0.2, 0.25) is 0 Å². The van der Waals surface area contributed by atoms with E-state index in [1.165, 1.54) is 44.9 Å². The molecule has 0 bridgehead atoms. The average molecular weight is 331 g/mol. The Morgan fingerprint density at radius 1 is 0.667 bits per heavy atom. The Labute approximate surface area is 151 Å². The molecule has 0 aromatic carbocycles. The Bertz CT molecular complexity index is 373. The van der Waals surface area contributed by atoms with E-state index in [0.717, 1.165) is 35.5 Å². The van der Waals surface area contributed by atoms with Crippen LogP contribution < -0.4 is 0 Å². The number of unbranched alkanes of at least 4 members (excludes halogenated alkanes) is 1. The Morgan fingerprint density at radius 2 is 1.29 bits per heavy atom. The second-order valence-corrected chi connectivity index (χ2v) is 9.45. The summed E-state index contributed by atoms with van der Waals surface area (Å²) in [7, 11) is 0. The Kier molecular flexibility index (Phi) is 7.29. The lowest BCUT2D eigenvalue weighted by molar-refractivity contribution is 0.0671. The molecular weight excluding hydrogens is 288 g/mol. The molecule has 4 atom stereocenters. The van der Waals surface area contributed by atoms with E-state index >= 15 is 0 Å². The van der Waals surface area contributed by atoms with Crippen LogP contribution in [0.4, 0.5) is 0 Å². The molecule has 0 heterocycles. The van der Waals surface area contributed by atoms with Crippen LogP contribution in [0.3, 0.4) is 0 Å².